The first-order valence-corrected chi connectivity index (χ1v) is 9.39. The van der Waals surface area contributed by atoms with Gasteiger partial charge in [0.25, 0.3) is 5.91 Å². The number of benzene rings is 1. The van der Waals surface area contributed by atoms with Gasteiger partial charge < -0.3 is 14.8 Å². The second-order valence-electron chi connectivity index (χ2n) is 5.57. The molecule has 1 amide bonds. The fourth-order valence-electron chi connectivity index (χ4n) is 2.65. The van der Waals surface area contributed by atoms with Crippen molar-refractivity contribution >= 4 is 38.8 Å². The van der Waals surface area contributed by atoms with Gasteiger partial charge in [0.2, 0.25) is 0 Å². The van der Waals surface area contributed by atoms with Gasteiger partial charge in [-0.25, -0.2) is 4.98 Å². The summed E-state index contributed by atoms with van der Waals surface area (Å²) in [5.41, 5.74) is 2.42. The second kappa shape index (κ2) is 6.44. The predicted octanol–water partition coefficient (Wildman–Crippen LogP) is 3.62. The third kappa shape index (κ3) is 2.97. The molecule has 4 aromatic rings. The van der Waals surface area contributed by atoms with E-state index in [0.717, 1.165) is 10.2 Å². The summed E-state index contributed by atoms with van der Waals surface area (Å²) in [4.78, 5) is 16.7. The van der Waals surface area contributed by atoms with Gasteiger partial charge in [0.15, 0.2) is 5.60 Å². The number of nitrogens with one attached hydrogen (secondary N) is 1. The van der Waals surface area contributed by atoms with E-state index in [4.69, 9.17) is 4.42 Å². The SMILES string of the molecule is O=C(NC[C@](O)(c1ccsc1)c1ccco1)c1ccc2ncsc2c1. The van der Waals surface area contributed by atoms with Gasteiger partial charge in [-0.05, 0) is 47.2 Å². The van der Waals surface area contributed by atoms with Crippen LogP contribution in [0.25, 0.3) is 10.2 Å². The van der Waals surface area contributed by atoms with Crippen molar-refractivity contribution in [2.45, 2.75) is 5.60 Å². The minimum atomic E-state index is -1.41. The van der Waals surface area contributed by atoms with E-state index in [2.05, 4.69) is 10.3 Å². The van der Waals surface area contributed by atoms with Crippen LogP contribution in [0.4, 0.5) is 0 Å². The highest BCUT2D eigenvalue weighted by atomic mass is 32.1. The Kier molecular flexibility index (Phi) is 4.12. The molecule has 25 heavy (non-hydrogen) atoms. The zero-order valence-electron chi connectivity index (χ0n) is 13.0. The molecule has 1 aromatic carbocycles. The Balaban J connectivity index is 1.58. The Bertz CT molecular complexity index is 956. The van der Waals surface area contributed by atoms with Crippen molar-refractivity contribution in [2.75, 3.05) is 6.54 Å². The molecule has 0 aliphatic heterocycles. The fourth-order valence-corrected chi connectivity index (χ4v) is 4.09. The molecule has 3 aromatic heterocycles. The molecule has 0 aliphatic rings. The van der Waals surface area contributed by atoms with E-state index in [1.807, 2.05) is 22.9 Å². The van der Waals surface area contributed by atoms with Crippen LogP contribution in [0.1, 0.15) is 21.7 Å². The number of hydrogen-bond acceptors (Lipinski definition) is 6. The van der Waals surface area contributed by atoms with Gasteiger partial charge in [0.1, 0.15) is 5.76 Å². The molecule has 0 unspecified atom stereocenters. The normalized spacial score (nSPS) is 13.6. The smallest absolute Gasteiger partial charge is 0.251 e. The third-order valence-electron chi connectivity index (χ3n) is 4.03. The number of carbonyl (C=O) groups excluding carboxylic acids is 1. The van der Waals surface area contributed by atoms with E-state index in [1.165, 1.54) is 28.9 Å². The molecule has 3 heterocycles. The van der Waals surface area contributed by atoms with Crippen molar-refractivity contribution in [1.82, 2.24) is 10.3 Å². The molecule has 7 heteroatoms. The largest absolute Gasteiger partial charge is 0.466 e. The summed E-state index contributed by atoms with van der Waals surface area (Å²) in [6.45, 7) is 0.0107. The standard InChI is InChI=1S/C18H14N2O3S2/c21-17(12-3-4-14-15(8-12)25-11-20-14)19-10-18(22,13-5-7-24-9-13)16-2-1-6-23-16/h1-9,11,22H,10H2,(H,19,21)/t18-/m0/s1. The average Bonchev–Trinajstić information content (AvgIpc) is 3.40. The molecule has 4 rings (SSSR count). The third-order valence-corrected chi connectivity index (χ3v) is 5.50. The van der Waals surface area contributed by atoms with Gasteiger partial charge in [-0.3, -0.25) is 4.79 Å². The zero-order chi connectivity index (χ0) is 17.3. The summed E-state index contributed by atoms with van der Waals surface area (Å²) in [6.07, 6.45) is 1.51. The first kappa shape index (κ1) is 16.0. The lowest BCUT2D eigenvalue weighted by Crippen LogP contribution is -2.41. The molecule has 0 radical (unpaired) electrons. The lowest BCUT2D eigenvalue weighted by atomic mass is 9.93. The van der Waals surface area contributed by atoms with E-state index in [9.17, 15) is 9.90 Å². The first-order valence-electron chi connectivity index (χ1n) is 7.57. The summed E-state index contributed by atoms with van der Waals surface area (Å²) in [5, 5.41) is 17.7. The van der Waals surface area contributed by atoms with Gasteiger partial charge in [-0.1, -0.05) is 0 Å². The Morgan fingerprint density at radius 3 is 3.00 bits per heavy atom. The number of aliphatic hydroxyl groups is 1. The van der Waals surface area contributed by atoms with E-state index < -0.39 is 5.60 Å². The van der Waals surface area contributed by atoms with Gasteiger partial charge in [0, 0.05) is 11.1 Å². The molecule has 0 saturated carbocycles. The average molecular weight is 370 g/mol. The van der Waals surface area contributed by atoms with Crippen LogP contribution >= 0.6 is 22.7 Å². The van der Waals surface area contributed by atoms with Crippen molar-refractivity contribution in [1.29, 1.82) is 0 Å². The molecule has 0 aliphatic carbocycles. The lowest BCUT2D eigenvalue weighted by molar-refractivity contribution is 0.0529. The fraction of sp³-hybridized carbons (Fsp3) is 0.111. The van der Waals surface area contributed by atoms with Crippen molar-refractivity contribution in [2.24, 2.45) is 0 Å². The van der Waals surface area contributed by atoms with Crippen LogP contribution in [-0.2, 0) is 5.60 Å². The molecule has 0 spiro atoms. The van der Waals surface area contributed by atoms with Crippen molar-refractivity contribution in [3.63, 3.8) is 0 Å². The molecule has 5 nitrogen and oxygen atoms in total. The van der Waals surface area contributed by atoms with Crippen LogP contribution in [-0.4, -0.2) is 22.5 Å². The topological polar surface area (TPSA) is 75.4 Å². The lowest BCUT2D eigenvalue weighted by Gasteiger charge is -2.25. The highest BCUT2D eigenvalue weighted by Gasteiger charge is 2.35. The molecular formula is C18H14N2O3S2. The number of thiazole rings is 1. The monoisotopic (exact) mass is 370 g/mol. The Hall–Kier alpha value is -2.48. The van der Waals surface area contributed by atoms with Crippen molar-refractivity contribution in [3.05, 3.63) is 75.8 Å². The summed E-state index contributed by atoms with van der Waals surface area (Å²) in [5.74, 6) is 0.139. The predicted molar refractivity (Wildman–Crippen MR) is 98.0 cm³/mol. The second-order valence-corrected chi connectivity index (χ2v) is 7.23. The number of fused-ring (bicyclic) bond motifs is 1. The number of furan rings is 1. The van der Waals surface area contributed by atoms with Crippen molar-refractivity contribution < 1.29 is 14.3 Å². The summed E-state index contributed by atoms with van der Waals surface area (Å²) in [7, 11) is 0. The molecule has 0 bridgehead atoms. The minimum absolute atomic E-state index is 0.0107. The maximum atomic E-state index is 12.5. The number of aromatic nitrogens is 1. The quantitative estimate of drug-likeness (QED) is 0.563. The van der Waals surface area contributed by atoms with E-state index in [-0.39, 0.29) is 12.5 Å². The van der Waals surface area contributed by atoms with E-state index in [1.54, 1.807) is 29.8 Å². The van der Waals surface area contributed by atoms with Crippen LogP contribution in [0, 0.1) is 0 Å². The number of rotatable bonds is 5. The molecule has 126 valence electrons. The zero-order valence-corrected chi connectivity index (χ0v) is 14.6. The maximum Gasteiger partial charge on any atom is 0.251 e. The van der Waals surface area contributed by atoms with E-state index >= 15 is 0 Å². The summed E-state index contributed by atoms with van der Waals surface area (Å²) < 4.78 is 6.36. The number of carbonyl (C=O) groups is 1. The molecule has 0 fully saturated rings. The van der Waals surface area contributed by atoms with E-state index in [0.29, 0.717) is 16.9 Å². The minimum Gasteiger partial charge on any atom is -0.466 e. The van der Waals surface area contributed by atoms with Gasteiger partial charge in [0.05, 0.1) is 28.5 Å². The van der Waals surface area contributed by atoms with Crippen molar-refractivity contribution in [3.8, 4) is 0 Å². The number of hydrogen-bond donors (Lipinski definition) is 2. The molecule has 0 saturated heterocycles. The summed E-state index contributed by atoms with van der Waals surface area (Å²) in [6, 6.07) is 10.6. The molecule has 2 N–H and O–H groups in total. The number of nitrogens with zero attached hydrogens (tertiary/aromatic N) is 1. The molecule has 1 atom stereocenters. The summed E-state index contributed by atoms with van der Waals surface area (Å²) >= 11 is 2.96. The highest BCUT2D eigenvalue weighted by molar-refractivity contribution is 7.16. The number of thiophene rings is 1. The Labute approximate surface area is 151 Å². The maximum absolute atomic E-state index is 12.5. The number of amides is 1. The van der Waals surface area contributed by atoms with Crippen LogP contribution in [0.15, 0.2) is 63.3 Å². The van der Waals surface area contributed by atoms with Gasteiger partial charge in [-0.15, -0.1) is 11.3 Å². The van der Waals surface area contributed by atoms with Crippen LogP contribution < -0.4 is 5.32 Å². The first-order chi connectivity index (χ1) is 12.2. The van der Waals surface area contributed by atoms with Crippen LogP contribution in [0.3, 0.4) is 0 Å². The Morgan fingerprint density at radius 2 is 2.24 bits per heavy atom. The van der Waals surface area contributed by atoms with Gasteiger partial charge >= 0.3 is 0 Å². The van der Waals surface area contributed by atoms with Gasteiger partial charge in [-0.2, -0.15) is 11.3 Å². The van der Waals surface area contributed by atoms with Crippen LogP contribution in [0.2, 0.25) is 0 Å². The molecular weight excluding hydrogens is 356 g/mol. The van der Waals surface area contributed by atoms with Crippen LogP contribution in [0.5, 0.6) is 0 Å². The highest BCUT2D eigenvalue weighted by Crippen LogP contribution is 2.31. The Morgan fingerprint density at radius 1 is 1.32 bits per heavy atom.